The summed E-state index contributed by atoms with van der Waals surface area (Å²) in [5.41, 5.74) is 4.85. The van der Waals surface area contributed by atoms with E-state index in [-0.39, 0.29) is 0 Å². The van der Waals surface area contributed by atoms with Crippen molar-refractivity contribution >= 4 is 13.5 Å². The van der Waals surface area contributed by atoms with Gasteiger partial charge in [-0.25, -0.2) is 4.57 Å². The quantitative estimate of drug-likeness (QED) is 0.240. The third-order valence-electron chi connectivity index (χ3n) is 1.76. The minimum atomic E-state index is -4.64. The lowest BCUT2D eigenvalue weighted by atomic mass is 10.1. The van der Waals surface area contributed by atoms with Crippen LogP contribution in [0.2, 0.25) is 0 Å². The average molecular weight is 260 g/mol. The highest BCUT2D eigenvalue weighted by atomic mass is 31.2. The van der Waals surface area contributed by atoms with E-state index in [1.54, 1.807) is 0 Å². The van der Waals surface area contributed by atoms with Gasteiger partial charge in [-0.15, -0.1) is 6.58 Å². The Balaban J connectivity index is 0.000000437. The Bertz CT molecular complexity index is 366. The fraction of sp³-hybridized carbons (Fsp3) is 0.200. The second kappa shape index (κ2) is 8.00. The maximum Gasteiger partial charge on any atom is 0.466 e. The zero-order chi connectivity index (χ0) is 13.3. The number of aryl methyl sites for hydroxylation is 1. The van der Waals surface area contributed by atoms with Gasteiger partial charge >= 0.3 is 7.82 Å². The highest BCUT2D eigenvalue weighted by Gasteiger charge is 2.00. The van der Waals surface area contributed by atoms with E-state index >= 15 is 0 Å². The molecule has 6 nitrogen and oxygen atoms in total. The molecule has 0 aromatic heterocycles. The third-order valence-corrected chi connectivity index (χ3v) is 1.76. The monoisotopic (exact) mass is 260 g/mol. The second-order valence-corrected chi connectivity index (χ2v) is 4.21. The van der Waals surface area contributed by atoms with Crippen LogP contribution in [-0.4, -0.2) is 14.7 Å². The molecule has 0 aliphatic heterocycles. The number of phosphoric acid groups is 1. The molecular weight excluding hydrogens is 243 g/mol. The molecule has 0 saturated heterocycles. The van der Waals surface area contributed by atoms with Crippen LogP contribution in [-0.2, 0) is 11.0 Å². The first-order valence-electron chi connectivity index (χ1n) is 4.81. The zero-order valence-electron chi connectivity index (χ0n) is 9.28. The highest BCUT2D eigenvalue weighted by Crippen LogP contribution is 2.25. The summed E-state index contributed by atoms with van der Waals surface area (Å²) in [6.07, 6.45) is 4.00. The second-order valence-electron chi connectivity index (χ2n) is 3.18. The molecule has 0 aliphatic carbocycles. The van der Waals surface area contributed by atoms with E-state index in [0.717, 1.165) is 18.5 Å². The number of nitrogens with one attached hydrogen (secondary N) is 1. The summed E-state index contributed by atoms with van der Waals surface area (Å²) in [6.45, 7) is 3.68. The summed E-state index contributed by atoms with van der Waals surface area (Å²) in [7, 11) is -4.64. The van der Waals surface area contributed by atoms with E-state index < -0.39 is 7.82 Å². The summed E-state index contributed by atoms with van der Waals surface area (Å²) in [5, 5.41) is 0. The van der Waals surface area contributed by atoms with Gasteiger partial charge in [-0.2, -0.15) is 0 Å². The lowest BCUT2D eigenvalue weighted by Crippen LogP contribution is -2.06. The molecular formula is C10H17N2O4P. The molecule has 0 bridgehead atoms. The molecule has 0 fully saturated rings. The Hall–Kier alpha value is -1.17. The van der Waals surface area contributed by atoms with E-state index in [1.165, 1.54) is 5.56 Å². The SMILES string of the molecule is C=CCCc1ccc(NN)cc1.O=P(O)(O)O. The lowest BCUT2D eigenvalue weighted by molar-refractivity contribution is 0.275. The Morgan fingerprint density at radius 1 is 1.29 bits per heavy atom. The van der Waals surface area contributed by atoms with Gasteiger partial charge in [0.25, 0.3) is 0 Å². The van der Waals surface area contributed by atoms with Gasteiger partial charge in [0.15, 0.2) is 0 Å². The number of rotatable bonds is 4. The molecule has 0 aliphatic rings. The van der Waals surface area contributed by atoms with Gasteiger partial charge in [0, 0.05) is 5.69 Å². The minimum Gasteiger partial charge on any atom is -0.324 e. The van der Waals surface area contributed by atoms with Crippen LogP contribution in [0.4, 0.5) is 5.69 Å². The number of hydrazine groups is 1. The minimum absolute atomic E-state index is 0.942. The number of hydrogen-bond donors (Lipinski definition) is 5. The standard InChI is InChI=1S/C10H14N2.H3O4P/c1-2-3-4-9-5-7-10(12-11)8-6-9;1-5(2,3)4/h2,5-8,12H,1,3-4,11H2;(H3,1,2,3,4). The zero-order valence-corrected chi connectivity index (χ0v) is 10.2. The number of anilines is 1. The van der Waals surface area contributed by atoms with Gasteiger partial charge < -0.3 is 20.1 Å². The molecule has 0 amide bonds. The Kier molecular flexibility index (Phi) is 7.45. The van der Waals surface area contributed by atoms with E-state index in [9.17, 15) is 0 Å². The average Bonchev–Trinajstić information content (AvgIpc) is 2.25. The van der Waals surface area contributed by atoms with Crippen molar-refractivity contribution < 1.29 is 19.2 Å². The normalized spacial score (nSPS) is 10.1. The summed E-state index contributed by atoms with van der Waals surface area (Å²) in [5.74, 6) is 5.23. The van der Waals surface area contributed by atoms with Crippen LogP contribution in [0.1, 0.15) is 12.0 Å². The number of hydrogen-bond acceptors (Lipinski definition) is 3. The lowest BCUT2D eigenvalue weighted by Gasteiger charge is -2.01. The van der Waals surface area contributed by atoms with E-state index in [2.05, 4.69) is 24.1 Å². The molecule has 0 heterocycles. The number of allylic oxidation sites excluding steroid dienone is 1. The van der Waals surface area contributed by atoms with E-state index in [1.807, 2.05) is 18.2 Å². The van der Waals surface area contributed by atoms with Gasteiger partial charge in [-0.05, 0) is 30.5 Å². The van der Waals surface area contributed by atoms with Crippen molar-refractivity contribution in [1.29, 1.82) is 0 Å². The summed E-state index contributed by atoms with van der Waals surface area (Å²) < 4.78 is 8.88. The predicted octanol–water partition coefficient (Wildman–Crippen LogP) is 1.16. The summed E-state index contributed by atoms with van der Waals surface area (Å²) >= 11 is 0. The van der Waals surface area contributed by atoms with Crippen molar-refractivity contribution in [1.82, 2.24) is 0 Å². The summed E-state index contributed by atoms with van der Waals surface area (Å²) in [4.78, 5) is 21.6. The topological polar surface area (TPSA) is 116 Å². The molecule has 96 valence electrons. The molecule has 0 unspecified atom stereocenters. The number of nitrogen functional groups attached to an aromatic ring is 1. The Labute approximate surface area is 100.0 Å². The molecule has 0 radical (unpaired) electrons. The van der Waals surface area contributed by atoms with Gasteiger partial charge in [-0.3, -0.25) is 5.84 Å². The maximum absolute atomic E-state index is 8.88. The maximum atomic E-state index is 8.88. The molecule has 1 rings (SSSR count). The molecule has 0 spiro atoms. The fourth-order valence-corrected chi connectivity index (χ4v) is 1.04. The largest absolute Gasteiger partial charge is 0.466 e. The van der Waals surface area contributed by atoms with E-state index in [0.29, 0.717) is 0 Å². The molecule has 6 N–H and O–H groups in total. The van der Waals surface area contributed by atoms with Crippen molar-refractivity contribution in [3.63, 3.8) is 0 Å². The fourth-order valence-electron chi connectivity index (χ4n) is 1.04. The van der Waals surface area contributed by atoms with Crippen molar-refractivity contribution in [2.75, 3.05) is 5.43 Å². The highest BCUT2D eigenvalue weighted by molar-refractivity contribution is 7.45. The smallest absolute Gasteiger partial charge is 0.324 e. The van der Waals surface area contributed by atoms with Gasteiger partial charge in [0.05, 0.1) is 0 Å². The van der Waals surface area contributed by atoms with Crippen molar-refractivity contribution in [2.45, 2.75) is 12.8 Å². The number of benzene rings is 1. The van der Waals surface area contributed by atoms with Crippen LogP contribution in [0.5, 0.6) is 0 Å². The molecule has 0 atom stereocenters. The van der Waals surface area contributed by atoms with Crippen LogP contribution >= 0.6 is 7.82 Å². The van der Waals surface area contributed by atoms with Crippen LogP contribution in [0.15, 0.2) is 36.9 Å². The first-order valence-corrected chi connectivity index (χ1v) is 6.38. The van der Waals surface area contributed by atoms with Crippen molar-refractivity contribution in [3.8, 4) is 0 Å². The molecule has 1 aromatic carbocycles. The molecule has 1 aromatic rings. The van der Waals surface area contributed by atoms with Crippen LogP contribution in [0.25, 0.3) is 0 Å². The summed E-state index contributed by atoms with van der Waals surface area (Å²) in [6, 6.07) is 8.08. The van der Waals surface area contributed by atoms with E-state index in [4.69, 9.17) is 25.1 Å². The Morgan fingerprint density at radius 2 is 1.76 bits per heavy atom. The Morgan fingerprint density at radius 3 is 2.12 bits per heavy atom. The van der Waals surface area contributed by atoms with Gasteiger partial charge in [-0.1, -0.05) is 18.2 Å². The molecule has 17 heavy (non-hydrogen) atoms. The van der Waals surface area contributed by atoms with Gasteiger partial charge in [0.2, 0.25) is 0 Å². The molecule has 0 saturated carbocycles. The van der Waals surface area contributed by atoms with Crippen LogP contribution < -0.4 is 11.3 Å². The van der Waals surface area contributed by atoms with Crippen LogP contribution in [0, 0.1) is 0 Å². The molecule has 7 heteroatoms. The van der Waals surface area contributed by atoms with Crippen LogP contribution in [0.3, 0.4) is 0 Å². The van der Waals surface area contributed by atoms with Crippen molar-refractivity contribution in [2.24, 2.45) is 5.84 Å². The van der Waals surface area contributed by atoms with Gasteiger partial charge in [0.1, 0.15) is 0 Å². The third kappa shape index (κ3) is 11.1. The first kappa shape index (κ1) is 15.8. The van der Waals surface area contributed by atoms with Crippen molar-refractivity contribution in [3.05, 3.63) is 42.5 Å². The first-order chi connectivity index (χ1) is 7.86. The number of nitrogens with two attached hydrogens (primary N) is 1. The predicted molar refractivity (Wildman–Crippen MR) is 67.0 cm³/mol.